The maximum atomic E-state index is 12.7. The molecule has 9 heteroatoms. The van der Waals surface area contributed by atoms with E-state index in [2.05, 4.69) is 9.62 Å². The number of methoxy groups -OCH3 is 3. The summed E-state index contributed by atoms with van der Waals surface area (Å²) in [5.74, 6) is 2.66. The predicted molar refractivity (Wildman–Crippen MR) is 122 cm³/mol. The van der Waals surface area contributed by atoms with E-state index in [0.29, 0.717) is 30.6 Å². The molecule has 1 saturated heterocycles. The number of nitrogens with zero attached hydrogens (tertiary/aromatic N) is 1. The highest BCUT2D eigenvalue weighted by Crippen LogP contribution is 2.29. The third-order valence-electron chi connectivity index (χ3n) is 5.67. The zero-order valence-corrected chi connectivity index (χ0v) is 19.7. The lowest BCUT2D eigenvalue weighted by molar-refractivity contribution is 0.154. The normalized spacial score (nSPS) is 15.3. The molecule has 1 aliphatic rings. The summed E-state index contributed by atoms with van der Waals surface area (Å²) >= 11 is 0. The van der Waals surface area contributed by atoms with Crippen molar-refractivity contribution in [2.24, 2.45) is 5.92 Å². The number of rotatable bonds is 11. The Kier molecular flexibility index (Phi) is 8.60. The summed E-state index contributed by atoms with van der Waals surface area (Å²) in [5.41, 5.74) is 0. The first kappa shape index (κ1) is 24.2. The molecule has 0 radical (unpaired) electrons. The summed E-state index contributed by atoms with van der Waals surface area (Å²) in [6.45, 7) is 3.65. The standard InChI is InChI=1S/C23H32N2O6S/c1-28-20-6-4-5-7-22(20)31-15-14-25-12-10-18(11-13-25)17-24-32(26,27)19-8-9-21(29-2)23(16-19)30-3/h4-9,16,18,24H,10-15,17H2,1-3H3. The van der Waals surface area contributed by atoms with Crippen LogP contribution in [-0.2, 0) is 10.0 Å². The molecule has 0 aromatic heterocycles. The molecule has 0 amide bonds. The molecular weight excluding hydrogens is 432 g/mol. The van der Waals surface area contributed by atoms with Crippen LogP contribution in [-0.4, -0.2) is 67.4 Å². The van der Waals surface area contributed by atoms with Gasteiger partial charge < -0.3 is 18.9 Å². The molecule has 0 aliphatic carbocycles. The molecule has 2 aromatic carbocycles. The summed E-state index contributed by atoms with van der Waals surface area (Å²) < 4.78 is 49.7. The second-order valence-corrected chi connectivity index (χ2v) is 9.42. The van der Waals surface area contributed by atoms with Crippen LogP contribution in [0, 0.1) is 5.92 Å². The predicted octanol–water partition coefficient (Wildman–Crippen LogP) is 2.78. The minimum absolute atomic E-state index is 0.168. The molecule has 0 bridgehead atoms. The van der Waals surface area contributed by atoms with Gasteiger partial charge >= 0.3 is 0 Å². The molecular formula is C23H32N2O6S. The number of likely N-dealkylation sites (tertiary alicyclic amines) is 1. The quantitative estimate of drug-likeness (QED) is 0.547. The van der Waals surface area contributed by atoms with Gasteiger partial charge in [-0.2, -0.15) is 0 Å². The Bertz CT molecular complexity index is 974. The van der Waals surface area contributed by atoms with Crippen molar-refractivity contribution in [1.82, 2.24) is 9.62 Å². The van der Waals surface area contributed by atoms with Crippen molar-refractivity contribution in [3.8, 4) is 23.0 Å². The van der Waals surface area contributed by atoms with Crippen molar-refractivity contribution in [2.75, 3.05) is 54.1 Å². The fraction of sp³-hybridized carbons (Fsp3) is 0.478. The number of nitrogens with one attached hydrogen (secondary N) is 1. The Morgan fingerprint density at radius 2 is 1.53 bits per heavy atom. The van der Waals surface area contributed by atoms with Crippen molar-refractivity contribution < 1.29 is 27.4 Å². The van der Waals surface area contributed by atoms with E-state index in [1.54, 1.807) is 13.2 Å². The van der Waals surface area contributed by atoms with Gasteiger partial charge in [0, 0.05) is 19.2 Å². The number of para-hydroxylation sites is 2. The first-order valence-electron chi connectivity index (χ1n) is 10.7. The molecule has 32 heavy (non-hydrogen) atoms. The lowest BCUT2D eigenvalue weighted by atomic mass is 9.97. The molecule has 2 aromatic rings. The molecule has 0 spiro atoms. The minimum Gasteiger partial charge on any atom is -0.493 e. The molecule has 176 valence electrons. The monoisotopic (exact) mass is 464 g/mol. The summed E-state index contributed by atoms with van der Waals surface area (Å²) in [6.07, 6.45) is 1.87. The van der Waals surface area contributed by atoms with Crippen molar-refractivity contribution in [3.05, 3.63) is 42.5 Å². The van der Waals surface area contributed by atoms with E-state index in [9.17, 15) is 8.42 Å². The van der Waals surface area contributed by atoms with Crippen molar-refractivity contribution in [2.45, 2.75) is 17.7 Å². The molecule has 1 fully saturated rings. The summed E-state index contributed by atoms with van der Waals surface area (Å²) in [6, 6.07) is 12.2. The van der Waals surface area contributed by atoms with E-state index in [-0.39, 0.29) is 4.90 Å². The summed E-state index contributed by atoms with van der Waals surface area (Å²) in [4.78, 5) is 2.51. The molecule has 1 N–H and O–H groups in total. The van der Waals surface area contributed by atoms with Crippen LogP contribution in [0.2, 0.25) is 0 Å². The van der Waals surface area contributed by atoms with Crippen LogP contribution in [0.3, 0.4) is 0 Å². The van der Waals surface area contributed by atoms with Crippen LogP contribution < -0.4 is 23.7 Å². The van der Waals surface area contributed by atoms with Gasteiger partial charge in [0.25, 0.3) is 0 Å². The van der Waals surface area contributed by atoms with Gasteiger partial charge in [0.2, 0.25) is 10.0 Å². The van der Waals surface area contributed by atoms with Gasteiger partial charge in [0.1, 0.15) is 6.61 Å². The smallest absolute Gasteiger partial charge is 0.240 e. The van der Waals surface area contributed by atoms with Gasteiger partial charge in [-0.15, -0.1) is 0 Å². The van der Waals surface area contributed by atoms with Gasteiger partial charge in [0.05, 0.1) is 26.2 Å². The molecule has 0 atom stereocenters. The third-order valence-corrected chi connectivity index (χ3v) is 7.09. The minimum atomic E-state index is -3.61. The van der Waals surface area contributed by atoms with Gasteiger partial charge in [-0.3, -0.25) is 4.90 Å². The van der Waals surface area contributed by atoms with Gasteiger partial charge in [-0.25, -0.2) is 13.1 Å². The topological polar surface area (TPSA) is 86.3 Å². The lowest BCUT2D eigenvalue weighted by Crippen LogP contribution is -2.40. The zero-order valence-electron chi connectivity index (χ0n) is 18.9. The van der Waals surface area contributed by atoms with Crippen LogP contribution in [0.5, 0.6) is 23.0 Å². The van der Waals surface area contributed by atoms with Crippen LogP contribution >= 0.6 is 0 Å². The molecule has 8 nitrogen and oxygen atoms in total. The number of benzene rings is 2. The Balaban J connectivity index is 1.43. The van der Waals surface area contributed by atoms with Crippen LogP contribution in [0.1, 0.15) is 12.8 Å². The highest BCUT2D eigenvalue weighted by Gasteiger charge is 2.23. The summed E-state index contributed by atoms with van der Waals surface area (Å²) in [7, 11) is 1.02. The van der Waals surface area contributed by atoms with E-state index < -0.39 is 10.0 Å². The first-order valence-corrected chi connectivity index (χ1v) is 12.1. The van der Waals surface area contributed by atoms with Crippen LogP contribution in [0.15, 0.2) is 47.4 Å². The van der Waals surface area contributed by atoms with E-state index in [0.717, 1.165) is 44.0 Å². The first-order chi connectivity index (χ1) is 15.5. The maximum absolute atomic E-state index is 12.7. The largest absolute Gasteiger partial charge is 0.493 e. The fourth-order valence-corrected chi connectivity index (χ4v) is 4.86. The maximum Gasteiger partial charge on any atom is 0.240 e. The highest BCUT2D eigenvalue weighted by molar-refractivity contribution is 7.89. The lowest BCUT2D eigenvalue weighted by Gasteiger charge is -2.31. The van der Waals surface area contributed by atoms with Crippen molar-refractivity contribution in [3.63, 3.8) is 0 Å². The average Bonchev–Trinajstić information content (AvgIpc) is 2.83. The Morgan fingerprint density at radius 1 is 0.906 bits per heavy atom. The zero-order chi connectivity index (χ0) is 23.0. The van der Waals surface area contributed by atoms with E-state index in [4.69, 9.17) is 18.9 Å². The Morgan fingerprint density at radius 3 is 2.19 bits per heavy atom. The second kappa shape index (κ2) is 11.4. The average molecular weight is 465 g/mol. The SMILES string of the molecule is COc1ccc(S(=O)(=O)NCC2CCN(CCOc3ccccc3OC)CC2)cc1OC. The van der Waals surface area contributed by atoms with Gasteiger partial charge in [-0.1, -0.05) is 12.1 Å². The number of piperidine rings is 1. The number of sulfonamides is 1. The second-order valence-electron chi connectivity index (χ2n) is 7.65. The van der Waals surface area contributed by atoms with Gasteiger partial charge in [-0.05, 0) is 56.1 Å². The van der Waals surface area contributed by atoms with E-state index in [1.165, 1.54) is 26.4 Å². The number of hydrogen-bond acceptors (Lipinski definition) is 7. The van der Waals surface area contributed by atoms with Crippen LogP contribution in [0.4, 0.5) is 0 Å². The summed E-state index contributed by atoms with van der Waals surface area (Å²) in [5, 5.41) is 0. The third kappa shape index (κ3) is 6.27. The Hall–Kier alpha value is -2.49. The molecule has 1 aliphatic heterocycles. The highest BCUT2D eigenvalue weighted by atomic mass is 32.2. The van der Waals surface area contributed by atoms with Gasteiger partial charge in [0.15, 0.2) is 23.0 Å². The number of hydrogen-bond donors (Lipinski definition) is 1. The molecule has 0 unspecified atom stereocenters. The van der Waals surface area contributed by atoms with Crippen LogP contribution in [0.25, 0.3) is 0 Å². The number of ether oxygens (including phenoxy) is 4. The molecule has 1 heterocycles. The van der Waals surface area contributed by atoms with E-state index >= 15 is 0 Å². The fourth-order valence-electron chi connectivity index (χ4n) is 3.73. The molecule has 0 saturated carbocycles. The van der Waals surface area contributed by atoms with E-state index in [1.807, 2.05) is 24.3 Å². The van der Waals surface area contributed by atoms with Crippen molar-refractivity contribution in [1.29, 1.82) is 0 Å². The van der Waals surface area contributed by atoms with Crippen molar-refractivity contribution >= 4 is 10.0 Å². The Labute approximate surface area is 190 Å². The molecule has 3 rings (SSSR count).